The quantitative estimate of drug-likeness (QED) is 0.0394. The summed E-state index contributed by atoms with van der Waals surface area (Å²) in [4.78, 5) is 102. The second-order valence-electron chi connectivity index (χ2n) is 10.3. The Bertz CT molecular complexity index is 1440. The third-order valence-electron chi connectivity index (χ3n) is 6.29. The lowest BCUT2D eigenvalue weighted by Gasteiger charge is -2.15. The van der Waals surface area contributed by atoms with Gasteiger partial charge in [-0.05, 0) is 24.3 Å². The number of hydrogen-bond acceptors (Lipinski definition) is 20. The molecule has 0 fully saturated rings. The van der Waals surface area contributed by atoms with Crippen molar-refractivity contribution in [3.63, 3.8) is 0 Å². The molecule has 10 N–H and O–H groups in total. The van der Waals surface area contributed by atoms with Gasteiger partial charge in [-0.1, -0.05) is 0 Å². The van der Waals surface area contributed by atoms with E-state index in [2.05, 4.69) is 11.0 Å². The van der Waals surface area contributed by atoms with Crippen LogP contribution in [0.3, 0.4) is 0 Å². The largest absolute Gasteiger partial charge is 0.462 e. The fraction of sp³-hybridized carbons (Fsp3) is 0.357. The van der Waals surface area contributed by atoms with Gasteiger partial charge in [0.25, 0.3) is 11.4 Å². The predicted molar refractivity (Wildman–Crippen MR) is 168 cm³/mol. The molecule has 0 heterocycles. The van der Waals surface area contributed by atoms with Gasteiger partial charge in [0, 0.05) is 49.9 Å². The summed E-state index contributed by atoms with van der Waals surface area (Å²) in [5.74, 6) is -5.40. The van der Waals surface area contributed by atoms with Crippen LogP contribution in [0.2, 0.25) is 0 Å². The van der Waals surface area contributed by atoms with E-state index in [4.69, 9.17) is 42.1 Å². The van der Waals surface area contributed by atoms with Gasteiger partial charge in [0.1, 0.15) is 48.9 Å². The Balaban J connectivity index is 1.63. The van der Waals surface area contributed by atoms with E-state index in [0.717, 1.165) is 0 Å². The van der Waals surface area contributed by atoms with E-state index in [9.17, 15) is 49.0 Å². The van der Waals surface area contributed by atoms with Crippen LogP contribution >= 0.6 is 0 Å². The normalized spacial score (nSPS) is 13.0. The first-order chi connectivity index (χ1) is 23.6. The second kappa shape index (κ2) is 19.7. The summed E-state index contributed by atoms with van der Waals surface area (Å²) in [5, 5.41) is 21.4. The fourth-order valence-electron chi connectivity index (χ4n) is 3.51. The zero-order valence-electron chi connectivity index (χ0n) is 26.1. The molecule has 0 aliphatic carbocycles. The van der Waals surface area contributed by atoms with Gasteiger partial charge < -0.3 is 42.1 Å². The number of non-ortho nitro benzene ring substituents is 2. The number of carbonyl (C=O) groups is 6. The van der Waals surface area contributed by atoms with Crippen LogP contribution in [0.4, 0.5) is 22.7 Å². The van der Waals surface area contributed by atoms with Gasteiger partial charge in [-0.15, -0.1) is 0 Å². The molecule has 0 saturated heterocycles. The Morgan fingerprint density at radius 3 is 1.18 bits per heavy atom. The summed E-state index contributed by atoms with van der Waals surface area (Å²) in [6.45, 7) is -1.31. The number of esters is 2. The average Bonchev–Trinajstić information content (AvgIpc) is 3.09. The summed E-state index contributed by atoms with van der Waals surface area (Å²) in [5.41, 5.74) is 27.1. The van der Waals surface area contributed by atoms with Gasteiger partial charge in [-0.2, -0.15) is 0 Å². The first-order valence-corrected chi connectivity index (χ1v) is 14.4. The third kappa shape index (κ3) is 13.9. The summed E-state index contributed by atoms with van der Waals surface area (Å²) in [6, 6.07) is 3.98. The highest BCUT2D eigenvalue weighted by molar-refractivity contribution is 5.91. The third-order valence-corrected chi connectivity index (χ3v) is 6.29. The van der Waals surface area contributed by atoms with Crippen molar-refractivity contribution < 1.29 is 57.8 Å². The van der Waals surface area contributed by atoms with Crippen molar-refractivity contribution in [1.29, 1.82) is 0 Å². The number of nitro groups is 2. The lowest BCUT2D eigenvalue weighted by molar-refractivity contribution is -0.385. The standard InChI is InChI=1S/C28H34N8O14/c29-21(25(39)47-13-23(31)27(41)49-33-15-1-5-17(6-2-15)35(43)44)11-19(37)9-10-20(38)12-22(30)26(40)48-14-24(32)28(42)50-34-16-3-7-18(8-4-16)36(45)46/h1-8,21-24,33-34H,9-14,29-32H2. The Morgan fingerprint density at radius 2 is 0.880 bits per heavy atom. The van der Waals surface area contributed by atoms with Gasteiger partial charge in [0.15, 0.2) is 0 Å². The topological polar surface area (TPSA) is 354 Å². The number of ether oxygens (including phenoxy) is 2. The Morgan fingerprint density at radius 1 is 0.560 bits per heavy atom. The van der Waals surface area contributed by atoms with Crippen molar-refractivity contribution in [3.8, 4) is 0 Å². The van der Waals surface area contributed by atoms with E-state index in [-0.39, 0.29) is 35.6 Å². The number of carbonyl (C=O) groups excluding carboxylic acids is 6. The monoisotopic (exact) mass is 706 g/mol. The van der Waals surface area contributed by atoms with Crippen LogP contribution in [-0.4, -0.2) is 82.7 Å². The molecule has 2 aromatic carbocycles. The molecular formula is C28H34N8O14. The summed E-state index contributed by atoms with van der Waals surface area (Å²) in [6.07, 6.45) is -1.73. The van der Waals surface area contributed by atoms with Gasteiger partial charge >= 0.3 is 23.9 Å². The lowest BCUT2D eigenvalue weighted by atomic mass is 10.0. The van der Waals surface area contributed by atoms with Crippen LogP contribution in [0.25, 0.3) is 0 Å². The minimum atomic E-state index is -1.45. The van der Waals surface area contributed by atoms with Gasteiger partial charge in [0.2, 0.25) is 0 Å². The molecule has 0 amide bonds. The minimum absolute atomic E-state index is 0.185. The number of ketones is 2. The number of nitrogens with one attached hydrogen (secondary N) is 2. The average molecular weight is 707 g/mol. The molecule has 50 heavy (non-hydrogen) atoms. The van der Waals surface area contributed by atoms with Crippen molar-refractivity contribution in [2.45, 2.75) is 49.9 Å². The summed E-state index contributed by atoms with van der Waals surface area (Å²) < 4.78 is 9.69. The number of nitro benzene ring substituents is 2. The molecule has 0 saturated carbocycles. The molecule has 0 aliphatic heterocycles. The Kier molecular flexibility index (Phi) is 15.8. The molecule has 0 radical (unpaired) electrons. The highest BCUT2D eigenvalue weighted by Gasteiger charge is 2.25. The number of hydrogen-bond donors (Lipinski definition) is 6. The number of nitrogens with zero attached hydrogens (tertiary/aromatic N) is 2. The van der Waals surface area contributed by atoms with Crippen molar-refractivity contribution >= 4 is 58.2 Å². The summed E-state index contributed by atoms with van der Waals surface area (Å²) in [7, 11) is 0. The Hall–Kier alpha value is -6.10. The molecule has 2 aromatic rings. The minimum Gasteiger partial charge on any atom is -0.462 e. The van der Waals surface area contributed by atoms with Crippen LogP contribution in [0, 0.1) is 20.2 Å². The van der Waals surface area contributed by atoms with E-state index in [0.29, 0.717) is 0 Å². The van der Waals surface area contributed by atoms with Crippen molar-refractivity contribution in [2.24, 2.45) is 22.9 Å². The van der Waals surface area contributed by atoms with Crippen LogP contribution in [0.5, 0.6) is 0 Å². The molecule has 0 aliphatic rings. The van der Waals surface area contributed by atoms with E-state index in [1.165, 1.54) is 48.5 Å². The van der Waals surface area contributed by atoms with Crippen LogP contribution < -0.4 is 33.9 Å². The van der Waals surface area contributed by atoms with E-state index < -0.39 is 95.5 Å². The molecule has 4 atom stereocenters. The van der Waals surface area contributed by atoms with E-state index >= 15 is 0 Å². The van der Waals surface area contributed by atoms with Gasteiger partial charge in [0.05, 0.1) is 21.2 Å². The maximum atomic E-state index is 12.2. The van der Waals surface area contributed by atoms with Crippen molar-refractivity contribution in [1.82, 2.24) is 0 Å². The molecule has 4 unspecified atom stereocenters. The molecule has 22 heteroatoms. The summed E-state index contributed by atoms with van der Waals surface area (Å²) >= 11 is 0. The SMILES string of the molecule is NC(CC(=O)CCC(=O)CC(N)C(=O)OCC(N)C(=O)ONc1ccc([N+](=O)[O-])cc1)C(=O)OCC(N)C(=O)ONc1ccc([N+](=O)[O-])cc1. The molecule has 22 nitrogen and oxygen atoms in total. The van der Waals surface area contributed by atoms with E-state index in [1.54, 1.807) is 0 Å². The first-order valence-electron chi connectivity index (χ1n) is 14.4. The second-order valence-corrected chi connectivity index (χ2v) is 10.3. The molecule has 2 rings (SSSR count). The number of Topliss-reactive ketones (excluding diaryl/α,β-unsaturated/α-hetero) is 2. The first kappa shape index (κ1) is 40.1. The van der Waals surface area contributed by atoms with Gasteiger partial charge in [-0.3, -0.25) is 39.4 Å². The van der Waals surface area contributed by atoms with Crippen LogP contribution in [0.1, 0.15) is 25.7 Å². The highest BCUT2D eigenvalue weighted by atomic mass is 16.7. The van der Waals surface area contributed by atoms with Crippen molar-refractivity contribution in [3.05, 3.63) is 68.8 Å². The Labute approximate surface area is 281 Å². The maximum Gasteiger partial charge on any atom is 0.352 e. The molecule has 270 valence electrons. The predicted octanol–water partition coefficient (Wildman–Crippen LogP) is -0.962. The smallest absolute Gasteiger partial charge is 0.352 e. The number of rotatable bonds is 21. The zero-order chi connectivity index (χ0) is 37.4. The maximum absolute atomic E-state index is 12.2. The lowest BCUT2D eigenvalue weighted by Crippen LogP contribution is -2.42. The van der Waals surface area contributed by atoms with Crippen LogP contribution in [-0.2, 0) is 47.9 Å². The van der Waals surface area contributed by atoms with Gasteiger partial charge in [-0.25, -0.2) is 20.5 Å². The number of benzene rings is 2. The molecule has 0 bridgehead atoms. The number of nitrogens with two attached hydrogens (primary N) is 4. The molecular weight excluding hydrogens is 672 g/mol. The molecule has 0 spiro atoms. The highest BCUT2D eigenvalue weighted by Crippen LogP contribution is 2.16. The van der Waals surface area contributed by atoms with E-state index in [1.807, 2.05) is 0 Å². The molecule has 0 aromatic heterocycles. The van der Waals surface area contributed by atoms with Crippen LogP contribution in [0.15, 0.2) is 48.5 Å². The zero-order valence-corrected chi connectivity index (χ0v) is 26.1. The number of anilines is 2. The van der Waals surface area contributed by atoms with Crippen molar-refractivity contribution in [2.75, 3.05) is 24.2 Å². The fourth-order valence-corrected chi connectivity index (χ4v) is 3.51.